The smallest absolute Gasteiger partial charge is 0.320 e. The second-order valence-corrected chi connectivity index (χ2v) is 8.98. The van der Waals surface area contributed by atoms with Crippen molar-refractivity contribution in [1.82, 2.24) is 24.6 Å². The minimum absolute atomic E-state index is 0.426. The molecule has 0 bridgehead atoms. The standard InChI is InChI=1S/C25H34N6O2/c1-3-7-20(8-4-1)11-12-31-24-22(19-26-31)23(27-21-9-5-2-6-10-21)28-25(29-24)33-18-15-30-13-16-32-17-14-30/h1,3-4,7-8,19,21H,2,5-6,9-18H2,(H,27,28,29). The zero-order valence-electron chi connectivity index (χ0n) is 19.3. The Kier molecular flexibility index (Phi) is 7.33. The van der Waals surface area contributed by atoms with Gasteiger partial charge in [-0.3, -0.25) is 4.90 Å². The number of nitrogens with zero attached hydrogens (tertiary/aromatic N) is 5. The Morgan fingerprint density at radius 1 is 1.00 bits per heavy atom. The highest BCUT2D eigenvalue weighted by molar-refractivity contribution is 5.86. The molecular formula is C25H34N6O2. The summed E-state index contributed by atoms with van der Waals surface area (Å²) >= 11 is 0. The lowest BCUT2D eigenvalue weighted by Crippen LogP contribution is -2.38. The van der Waals surface area contributed by atoms with Crippen molar-refractivity contribution >= 4 is 16.9 Å². The zero-order chi connectivity index (χ0) is 22.3. The van der Waals surface area contributed by atoms with Gasteiger partial charge in [0.05, 0.1) is 24.8 Å². The van der Waals surface area contributed by atoms with Crippen molar-refractivity contribution in [3.05, 3.63) is 42.1 Å². The van der Waals surface area contributed by atoms with Gasteiger partial charge in [-0.2, -0.15) is 15.1 Å². The molecule has 0 atom stereocenters. The molecular weight excluding hydrogens is 416 g/mol. The quantitative estimate of drug-likeness (QED) is 0.534. The molecule has 0 spiro atoms. The van der Waals surface area contributed by atoms with E-state index in [0.717, 1.165) is 62.7 Å². The van der Waals surface area contributed by atoms with Gasteiger partial charge in [0, 0.05) is 32.2 Å². The van der Waals surface area contributed by atoms with Gasteiger partial charge in [-0.25, -0.2) is 4.68 Å². The van der Waals surface area contributed by atoms with Crippen LogP contribution in [0.25, 0.3) is 11.0 Å². The van der Waals surface area contributed by atoms with E-state index in [9.17, 15) is 0 Å². The molecule has 0 unspecified atom stereocenters. The number of rotatable bonds is 9. The van der Waals surface area contributed by atoms with Crippen molar-refractivity contribution in [2.24, 2.45) is 0 Å². The Morgan fingerprint density at radius 2 is 1.82 bits per heavy atom. The number of hydrogen-bond donors (Lipinski definition) is 1. The van der Waals surface area contributed by atoms with Gasteiger partial charge >= 0.3 is 6.01 Å². The van der Waals surface area contributed by atoms with Gasteiger partial charge in [0.2, 0.25) is 0 Å². The number of anilines is 1. The molecule has 1 saturated heterocycles. The van der Waals surface area contributed by atoms with Gasteiger partial charge in [-0.15, -0.1) is 0 Å². The Labute approximate surface area is 195 Å². The third-order valence-electron chi connectivity index (χ3n) is 6.62. The van der Waals surface area contributed by atoms with E-state index in [0.29, 0.717) is 18.7 Å². The minimum atomic E-state index is 0.426. The molecule has 2 aliphatic rings. The van der Waals surface area contributed by atoms with Crippen LogP contribution >= 0.6 is 0 Å². The largest absolute Gasteiger partial charge is 0.462 e. The lowest BCUT2D eigenvalue weighted by atomic mass is 9.95. The summed E-state index contributed by atoms with van der Waals surface area (Å²) in [5, 5.41) is 9.30. The van der Waals surface area contributed by atoms with E-state index in [4.69, 9.17) is 19.4 Å². The van der Waals surface area contributed by atoms with Crippen LogP contribution in [0.15, 0.2) is 36.5 Å². The van der Waals surface area contributed by atoms with Gasteiger partial charge in [-0.1, -0.05) is 49.6 Å². The van der Waals surface area contributed by atoms with Crippen LogP contribution in [0, 0.1) is 0 Å². The first-order valence-corrected chi connectivity index (χ1v) is 12.3. The molecule has 33 heavy (non-hydrogen) atoms. The fourth-order valence-corrected chi connectivity index (χ4v) is 4.68. The van der Waals surface area contributed by atoms with Crippen LogP contribution in [0.3, 0.4) is 0 Å². The van der Waals surface area contributed by atoms with Crippen molar-refractivity contribution < 1.29 is 9.47 Å². The third-order valence-corrected chi connectivity index (χ3v) is 6.62. The number of aromatic nitrogens is 4. The van der Waals surface area contributed by atoms with Gasteiger partial charge in [-0.05, 0) is 24.8 Å². The van der Waals surface area contributed by atoms with Crippen LogP contribution in [0.4, 0.5) is 5.82 Å². The highest BCUT2D eigenvalue weighted by Gasteiger charge is 2.19. The number of aryl methyl sites for hydroxylation is 2. The van der Waals surface area contributed by atoms with Crippen molar-refractivity contribution in [3.63, 3.8) is 0 Å². The van der Waals surface area contributed by atoms with Crippen molar-refractivity contribution in [3.8, 4) is 6.01 Å². The predicted molar refractivity (Wildman–Crippen MR) is 129 cm³/mol. The van der Waals surface area contributed by atoms with Crippen LogP contribution in [-0.2, 0) is 17.7 Å². The van der Waals surface area contributed by atoms with Crippen molar-refractivity contribution in [1.29, 1.82) is 0 Å². The number of hydrogen-bond acceptors (Lipinski definition) is 7. The maximum atomic E-state index is 6.05. The molecule has 8 heteroatoms. The molecule has 3 heterocycles. The van der Waals surface area contributed by atoms with Gasteiger partial charge < -0.3 is 14.8 Å². The summed E-state index contributed by atoms with van der Waals surface area (Å²) in [6, 6.07) is 11.4. The van der Waals surface area contributed by atoms with Crippen LogP contribution in [0.2, 0.25) is 0 Å². The van der Waals surface area contributed by atoms with E-state index < -0.39 is 0 Å². The first-order valence-electron chi connectivity index (χ1n) is 12.3. The van der Waals surface area contributed by atoms with Crippen molar-refractivity contribution in [2.75, 3.05) is 44.8 Å². The summed E-state index contributed by atoms with van der Waals surface area (Å²) in [6.45, 7) is 5.65. The summed E-state index contributed by atoms with van der Waals surface area (Å²) in [5.41, 5.74) is 2.12. The van der Waals surface area contributed by atoms with Gasteiger partial charge in [0.25, 0.3) is 0 Å². The second-order valence-electron chi connectivity index (χ2n) is 8.98. The first-order chi connectivity index (χ1) is 16.3. The molecule has 1 aliphatic heterocycles. The number of morpholine rings is 1. The Bertz CT molecular complexity index is 1010. The van der Waals surface area contributed by atoms with E-state index in [1.165, 1.54) is 37.7 Å². The summed E-state index contributed by atoms with van der Waals surface area (Å²) in [6.07, 6.45) is 9.02. The maximum absolute atomic E-state index is 6.05. The molecule has 2 aromatic heterocycles. The SMILES string of the molecule is c1ccc(CCn2ncc3c(NC4CCCCC4)nc(OCCN4CCOCC4)nc32)cc1. The van der Waals surface area contributed by atoms with Crippen LogP contribution < -0.4 is 10.1 Å². The molecule has 176 valence electrons. The fourth-order valence-electron chi connectivity index (χ4n) is 4.68. The van der Waals surface area contributed by atoms with Crippen molar-refractivity contribution in [2.45, 2.75) is 51.1 Å². The molecule has 8 nitrogen and oxygen atoms in total. The van der Waals surface area contributed by atoms with Crippen LogP contribution in [0.1, 0.15) is 37.7 Å². The lowest BCUT2D eigenvalue weighted by Gasteiger charge is -2.26. The summed E-state index contributed by atoms with van der Waals surface area (Å²) in [4.78, 5) is 11.9. The second kappa shape index (κ2) is 10.9. The van der Waals surface area contributed by atoms with E-state index >= 15 is 0 Å². The van der Waals surface area contributed by atoms with Crippen LogP contribution in [0.5, 0.6) is 6.01 Å². The molecule has 1 aromatic carbocycles. The Morgan fingerprint density at radius 3 is 2.64 bits per heavy atom. The van der Waals surface area contributed by atoms with E-state index in [1.54, 1.807) is 0 Å². The molecule has 2 fully saturated rings. The van der Waals surface area contributed by atoms with E-state index in [1.807, 2.05) is 16.9 Å². The van der Waals surface area contributed by atoms with Gasteiger partial charge in [0.1, 0.15) is 12.4 Å². The lowest BCUT2D eigenvalue weighted by molar-refractivity contribution is 0.0317. The fraction of sp³-hybridized carbons (Fsp3) is 0.560. The van der Waals surface area contributed by atoms with E-state index in [-0.39, 0.29) is 0 Å². The third kappa shape index (κ3) is 5.81. The molecule has 1 saturated carbocycles. The average molecular weight is 451 g/mol. The predicted octanol–water partition coefficient (Wildman–Crippen LogP) is 3.52. The molecule has 1 aliphatic carbocycles. The number of fused-ring (bicyclic) bond motifs is 1. The first kappa shape index (κ1) is 22.1. The maximum Gasteiger partial charge on any atom is 0.320 e. The summed E-state index contributed by atoms with van der Waals surface area (Å²) < 4.78 is 13.5. The number of benzene rings is 1. The highest BCUT2D eigenvalue weighted by Crippen LogP contribution is 2.27. The summed E-state index contributed by atoms with van der Waals surface area (Å²) in [5.74, 6) is 0.847. The van der Waals surface area contributed by atoms with Crippen LogP contribution in [-0.4, -0.2) is 70.1 Å². The molecule has 1 N–H and O–H groups in total. The molecule has 0 amide bonds. The van der Waals surface area contributed by atoms with Gasteiger partial charge in [0.15, 0.2) is 5.65 Å². The average Bonchev–Trinajstić information content (AvgIpc) is 3.28. The Hall–Kier alpha value is -2.71. The number of ether oxygens (including phenoxy) is 2. The van der Waals surface area contributed by atoms with E-state index in [2.05, 4.69) is 39.6 Å². The molecule has 3 aromatic rings. The number of nitrogens with one attached hydrogen (secondary N) is 1. The zero-order valence-corrected chi connectivity index (χ0v) is 19.3. The molecule has 0 radical (unpaired) electrons. The highest BCUT2D eigenvalue weighted by atomic mass is 16.5. The summed E-state index contributed by atoms with van der Waals surface area (Å²) in [7, 11) is 0. The normalized spacial score (nSPS) is 17.9. The Balaban J connectivity index is 1.34. The molecule has 5 rings (SSSR count). The monoisotopic (exact) mass is 450 g/mol. The minimum Gasteiger partial charge on any atom is -0.462 e. The topological polar surface area (TPSA) is 77.3 Å².